The van der Waals surface area contributed by atoms with Crippen LogP contribution in [0.15, 0.2) is 24.3 Å². The highest BCUT2D eigenvalue weighted by Gasteiger charge is 2.57. The minimum absolute atomic E-state index is 0.100. The second-order valence-electron chi connectivity index (χ2n) is 6.05. The van der Waals surface area contributed by atoms with Gasteiger partial charge in [0.2, 0.25) is 5.91 Å². The number of hydrogen-bond donors (Lipinski definition) is 2. The Kier molecular flexibility index (Phi) is 3.15. The Morgan fingerprint density at radius 3 is 2.43 bits per heavy atom. The number of ether oxygens (including phenoxy) is 1. The molecule has 0 aliphatic heterocycles. The Morgan fingerprint density at radius 2 is 1.90 bits per heavy atom. The van der Waals surface area contributed by atoms with Gasteiger partial charge in [0, 0.05) is 17.5 Å². The maximum atomic E-state index is 12.1. The third-order valence-electron chi connectivity index (χ3n) is 4.71. The molecule has 0 bridgehead atoms. The number of amides is 1. The molecule has 1 aromatic rings. The largest absolute Gasteiger partial charge is 0.496 e. The number of hydrogen-bond acceptors (Lipinski definition) is 3. The van der Waals surface area contributed by atoms with E-state index in [1.165, 1.54) is 0 Å². The first-order chi connectivity index (χ1) is 10.0. The molecule has 2 saturated carbocycles. The van der Waals surface area contributed by atoms with Crippen molar-refractivity contribution in [2.75, 3.05) is 13.7 Å². The molecule has 3 rings (SSSR count). The van der Waals surface area contributed by atoms with E-state index in [0.717, 1.165) is 24.2 Å². The maximum absolute atomic E-state index is 12.1. The maximum Gasteiger partial charge on any atom is 0.319 e. The van der Waals surface area contributed by atoms with Crippen molar-refractivity contribution in [1.29, 1.82) is 0 Å². The highest BCUT2D eigenvalue weighted by molar-refractivity contribution is 6.04. The van der Waals surface area contributed by atoms with E-state index in [-0.39, 0.29) is 11.3 Å². The molecule has 1 amide bonds. The van der Waals surface area contributed by atoms with Gasteiger partial charge < -0.3 is 15.2 Å². The Labute approximate surface area is 123 Å². The molecule has 21 heavy (non-hydrogen) atoms. The lowest BCUT2D eigenvalue weighted by Crippen LogP contribution is -2.40. The van der Waals surface area contributed by atoms with Gasteiger partial charge in [-0.25, -0.2) is 0 Å². The van der Waals surface area contributed by atoms with Crippen LogP contribution in [0.1, 0.15) is 31.2 Å². The van der Waals surface area contributed by atoms with Crippen LogP contribution in [0.5, 0.6) is 5.75 Å². The van der Waals surface area contributed by atoms with E-state index in [2.05, 4.69) is 5.32 Å². The number of carbonyl (C=O) groups is 2. The van der Waals surface area contributed by atoms with Crippen LogP contribution in [0.2, 0.25) is 0 Å². The molecule has 0 atom stereocenters. The number of benzene rings is 1. The third-order valence-corrected chi connectivity index (χ3v) is 4.71. The zero-order chi connectivity index (χ0) is 15.1. The molecule has 2 fully saturated rings. The molecular formula is C16H19NO4. The average Bonchev–Trinajstić information content (AvgIpc) is 3.39. The summed E-state index contributed by atoms with van der Waals surface area (Å²) < 4.78 is 5.39. The summed E-state index contributed by atoms with van der Waals surface area (Å²) >= 11 is 0. The molecule has 0 radical (unpaired) electrons. The van der Waals surface area contributed by atoms with Crippen molar-refractivity contribution in [2.24, 2.45) is 5.41 Å². The summed E-state index contributed by atoms with van der Waals surface area (Å²) in [6.07, 6.45) is 2.84. The fraction of sp³-hybridized carbons (Fsp3) is 0.500. The number of carboxylic acids is 1. The fourth-order valence-corrected chi connectivity index (χ4v) is 2.86. The Bertz CT molecular complexity index is 588. The predicted molar refractivity (Wildman–Crippen MR) is 76.2 cm³/mol. The molecule has 1 aromatic carbocycles. The normalized spacial score (nSPS) is 20.4. The second-order valence-corrected chi connectivity index (χ2v) is 6.05. The van der Waals surface area contributed by atoms with Gasteiger partial charge in [-0.05, 0) is 31.7 Å². The molecule has 2 aliphatic carbocycles. The number of para-hydroxylation sites is 1. The summed E-state index contributed by atoms with van der Waals surface area (Å²) in [5.74, 6) is -0.540. The van der Waals surface area contributed by atoms with Gasteiger partial charge in [-0.1, -0.05) is 18.2 Å². The monoisotopic (exact) mass is 289 g/mol. The molecule has 2 N–H and O–H groups in total. The van der Waals surface area contributed by atoms with E-state index in [4.69, 9.17) is 9.84 Å². The van der Waals surface area contributed by atoms with Gasteiger partial charge in [0.05, 0.1) is 7.11 Å². The van der Waals surface area contributed by atoms with Crippen LogP contribution in [-0.2, 0) is 15.0 Å². The molecule has 5 heteroatoms. The van der Waals surface area contributed by atoms with E-state index < -0.39 is 11.4 Å². The summed E-state index contributed by atoms with van der Waals surface area (Å²) in [5.41, 5.74) is -0.179. The first-order valence-electron chi connectivity index (χ1n) is 7.19. The predicted octanol–water partition coefficient (Wildman–Crippen LogP) is 1.71. The Morgan fingerprint density at radius 1 is 1.24 bits per heavy atom. The van der Waals surface area contributed by atoms with Crippen molar-refractivity contribution in [2.45, 2.75) is 31.1 Å². The molecule has 0 unspecified atom stereocenters. The zero-order valence-corrected chi connectivity index (χ0v) is 12.0. The summed E-state index contributed by atoms with van der Waals surface area (Å²) in [6, 6.07) is 7.80. The zero-order valence-electron chi connectivity index (χ0n) is 12.0. The van der Waals surface area contributed by atoms with Crippen LogP contribution in [0, 0.1) is 5.41 Å². The molecule has 112 valence electrons. The van der Waals surface area contributed by atoms with Crippen molar-refractivity contribution in [3.8, 4) is 5.75 Å². The van der Waals surface area contributed by atoms with Crippen LogP contribution < -0.4 is 10.1 Å². The smallest absolute Gasteiger partial charge is 0.319 e. The van der Waals surface area contributed by atoms with Crippen LogP contribution >= 0.6 is 0 Å². The molecule has 5 nitrogen and oxygen atoms in total. The second kappa shape index (κ2) is 4.76. The minimum Gasteiger partial charge on any atom is -0.496 e. The van der Waals surface area contributed by atoms with Crippen LogP contribution in [0.3, 0.4) is 0 Å². The van der Waals surface area contributed by atoms with Gasteiger partial charge in [-0.2, -0.15) is 0 Å². The highest BCUT2D eigenvalue weighted by Crippen LogP contribution is 2.51. The number of carboxylic acid groups (broad SMARTS) is 1. The molecule has 0 saturated heterocycles. The van der Waals surface area contributed by atoms with Gasteiger partial charge in [-0.3, -0.25) is 9.59 Å². The lowest BCUT2D eigenvalue weighted by atomic mass is 9.94. The van der Waals surface area contributed by atoms with Crippen molar-refractivity contribution < 1.29 is 19.4 Å². The third kappa shape index (κ3) is 2.26. The van der Waals surface area contributed by atoms with Gasteiger partial charge in [-0.15, -0.1) is 0 Å². The summed E-state index contributed by atoms with van der Waals surface area (Å²) in [7, 11) is 1.64. The highest BCUT2D eigenvalue weighted by atomic mass is 16.5. The molecule has 2 aliphatic rings. The number of carbonyl (C=O) groups excluding carboxylic acids is 1. The Hall–Kier alpha value is -2.04. The van der Waals surface area contributed by atoms with Crippen LogP contribution in [0.25, 0.3) is 0 Å². The van der Waals surface area contributed by atoms with Crippen LogP contribution in [-0.4, -0.2) is 30.6 Å². The first kappa shape index (κ1) is 13.9. The van der Waals surface area contributed by atoms with Gasteiger partial charge in [0.25, 0.3) is 0 Å². The topological polar surface area (TPSA) is 75.6 Å². The van der Waals surface area contributed by atoms with Crippen molar-refractivity contribution in [1.82, 2.24) is 5.32 Å². The number of rotatable bonds is 6. The van der Waals surface area contributed by atoms with E-state index in [0.29, 0.717) is 19.4 Å². The minimum atomic E-state index is -1.17. The van der Waals surface area contributed by atoms with Gasteiger partial charge in [0.1, 0.15) is 11.2 Å². The number of aliphatic carboxylic acids is 1. The standard InChI is InChI=1S/C16H19NO4/c1-21-12-5-3-2-4-11(12)15(6-7-15)10-17-13(18)16(8-9-16)14(19)20/h2-5H,6-10H2,1H3,(H,17,18)(H,19,20). The van der Waals surface area contributed by atoms with Gasteiger partial charge >= 0.3 is 5.97 Å². The fourth-order valence-electron chi connectivity index (χ4n) is 2.86. The summed E-state index contributed by atoms with van der Waals surface area (Å²) in [4.78, 5) is 23.3. The first-order valence-corrected chi connectivity index (χ1v) is 7.19. The van der Waals surface area contributed by atoms with Crippen molar-refractivity contribution >= 4 is 11.9 Å². The van der Waals surface area contributed by atoms with Crippen molar-refractivity contribution in [3.05, 3.63) is 29.8 Å². The molecular weight excluding hydrogens is 270 g/mol. The number of methoxy groups -OCH3 is 1. The molecule has 0 spiro atoms. The summed E-state index contributed by atoms with van der Waals surface area (Å²) in [5, 5.41) is 12.0. The SMILES string of the molecule is COc1ccccc1C1(CNC(=O)C2(C(=O)O)CC2)CC1. The van der Waals surface area contributed by atoms with E-state index in [1.807, 2.05) is 24.3 Å². The van der Waals surface area contributed by atoms with E-state index >= 15 is 0 Å². The lowest BCUT2D eigenvalue weighted by molar-refractivity contribution is -0.149. The van der Waals surface area contributed by atoms with E-state index in [1.54, 1.807) is 7.11 Å². The summed E-state index contributed by atoms with van der Waals surface area (Å²) in [6.45, 7) is 0.473. The van der Waals surface area contributed by atoms with E-state index in [9.17, 15) is 9.59 Å². The Balaban J connectivity index is 1.71. The molecule has 0 aromatic heterocycles. The lowest BCUT2D eigenvalue weighted by Gasteiger charge is -2.20. The quantitative estimate of drug-likeness (QED) is 0.782. The average molecular weight is 289 g/mol. The van der Waals surface area contributed by atoms with Gasteiger partial charge in [0.15, 0.2) is 0 Å². The van der Waals surface area contributed by atoms with Crippen molar-refractivity contribution in [3.63, 3.8) is 0 Å². The number of nitrogens with one attached hydrogen (secondary N) is 1. The molecule has 0 heterocycles. The van der Waals surface area contributed by atoms with Crippen LogP contribution in [0.4, 0.5) is 0 Å².